The first kappa shape index (κ1) is 10.0. The van der Waals surface area contributed by atoms with E-state index >= 15 is 0 Å². The molecule has 3 nitrogen and oxygen atoms in total. The van der Waals surface area contributed by atoms with Crippen LogP contribution in [0.15, 0.2) is 29.8 Å². The first-order valence-electron chi connectivity index (χ1n) is 4.05. The molecular weight excluding hydrogens is 178 g/mol. The summed E-state index contributed by atoms with van der Waals surface area (Å²) in [4.78, 5) is 10.5. The van der Waals surface area contributed by atoms with E-state index in [2.05, 4.69) is 0 Å². The van der Waals surface area contributed by atoms with Crippen molar-refractivity contribution < 1.29 is 9.90 Å². The Morgan fingerprint density at radius 1 is 1.43 bits per heavy atom. The van der Waals surface area contributed by atoms with E-state index in [-0.39, 0.29) is 5.57 Å². The minimum atomic E-state index is -0.936. The number of rotatable bonds is 2. The van der Waals surface area contributed by atoms with Crippen LogP contribution in [0.4, 0.5) is 0 Å². The first-order valence-corrected chi connectivity index (χ1v) is 4.05. The second-order valence-electron chi connectivity index (χ2n) is 2.87. The van der Waals surface area contributed by atoms with E-state index in [0.29, 0.717) is 5.56 Å². The van der Waals surface area contributed by atoms with Gasteiger partial charge >= 0.3 is 5.97 Å². The molecule has 0 saturated heterocycles. The van der Waals surface area contributed by atoms with Crippen LogP contribution < -0.4 is 0 Å². The summed E-state index contributed by atoms with van der Waals surface area (Å²) in [5.74, 6) is -0.936. The van der Waals surface area contributed by atoms with Gasteiger partial charge in [0.25, 0.3) is 0 Å². The number of carboxylic acid groups (broad SMARTS) is 1. The van der Waals surface area contributed by atoms with Crippen molar-refractivity contribution in [1.29, 1.82) is 5.26 Å². The van der Waals surface area contributed by atoms with E-state index < -0.39 is 5.97 Å². The minimum absolute atomic E-state index is 0.273. The maximum atomic E-state index is 10.5. The summed E-state index contributed by atoms with van der Waals surface area (Å²) < 4.78 is 0. The van der Waals surface area contributed by atoms with Gasteiger partial charge in [0.15, 0.2) is 0 Å². The van der Waals surface area contributed by atoms with Crippen LogP contribution in [0, 0.1) is 11.3 Å². The molecule has 0 radical (unpaired) electrons. The van der Waals surface area contributed by atoms with Crippen molar-refractivity contribution in [1.82, 2.24) is 0 Å². The zero-order valence-corrected chi connectivity index (χ0v) is 7.69. The normalized spacial score (nSPS) is 10.7. The van der Waals surface area contributed by atoms with E-state index in [4.69, 9.17) is 10.4 Å². The van der Waals surface area contributed by atoms with Gasteiger partial charge in [-0.1, -0.05) is 12.1 Å². The van der Waals surface area contributed by atoms with Gasteiger partial charge in [0.2, 0.25) is 0 Å². The standard InChI is InChI=1S/C11H9NO2/c1-8(11(13)14)6-9-2-4-10(7-12)5-3-9/h2-6H,1H3,(H,13,14)/b8-6-. The van der Waals surface area contributed by atoms with Gasteiger partial charge in [-0.05, 0) is 30.7 Å². The molecule has 0 aliphatic heterocycles. The number of aliphatic carboxylic acids is 1. The van der Waals surface area contributed by atoms with Crippen molar-refractivity contribution in [2.75, 3.05) is 0 Å². The predicted octanol–water partition coefficient (Wildman–Crippen LogP) is 2.05. The Balaban J connectivity index is 2.95. The number of benzene rings is 1. The van der Waals surface area contributed by atoms with Gasteiger partial charge in [-0.25, -0.2) is 4.79 Å². The molecule has 0 amide bonds. The fraction of sp³-hybridized carbons (Fsp3) is 0.0909. The number of carboxylic acids is 1. The molecule has 0 fully saturated rings. The van der Waals surface area contributed by atoms with Crippen molar-refractivity contribution in [3.63, 3.8) is 0 Å². The molecule has 1 aromatic carbocycles. The number of hydrogen-bond donors (Lipinski definition) is 1. The summed E-state index contributed by atoms with van der Waals surface area (Å²) in [6.45, 7) is 1.53. The van der Waals surface area contributed by atoms with Crippen molar-refractivity contribution >= 4 is 12.0 Å². The predicted molar refractivity (Wildman–Crippen MR) is 52.4 cm³/mol. The summed E-state index contributed by atoms with van der Waals surface area (Å²) in [6.07, 6.45) is 1.56. The van der Waals surface area contributed by atoms with Gasteiger partial charge in [-0.3, -0.25) is 0 Å². The fourth-order valence-electron chi connectivity index (χ4n) is 0.966. The molecule has 1 rings (SSSR count). The molecule has 1 N–H and O–H groups in total. The molecule has 0 aliphatic rings. The third-order valence-electron chi connectivity index (χ3n) is 1.76. The molecule has 0 atom stereocenters. The molecule has 0 saturated carbocycles. The molecule has 14 heavy (non-hydrogen) atoms. The molecule has 0 spiro atoms. The van der Waals surface area contributed by atoms with Gasteiger partial charge in [0, 0.05) is 5.57 Å². The van der Waals surface area contributed by atoms with Crippen LogP contribution in [-0.2, 0) is 4.79 Å². The number of nitrogens with zero attached hydrogens (tertiary/aromatic N) is 1. The lowest BCUT2D eigenvalue weighted by atomic mass is 10.1. The summed E-state index contributed by atoms with van der Waals surface area (Å²) >= 11 is 0. The van der Waals surface area contributed by atoms with Gasteiger partial charge in [0.1, 0.15) is 0 Å². The van der Waals surface area contributed by atoms with E-state index in [9.17, 15) is 4.79 Å². The number of hydrogen-bond acceptors (Lipinski definition) is 2. The summed E-state index contributed by atoms with van der Waals surface area (Å²) in [5, 5.41) is 17.2. The van der Waals surface area contributed by atoms with Crippen LogP contribution in [0.3, 0.4) is 0 Å². The average Bonchev–Trinajstić information content (AvgIpc) is 2.19. The topological polar surface area (TPSA) is 61.1 Å². The number of carbonyl (C=O) groups is 1. The van der Waals surface area contributed by atoms with Crippen LogP contribution in [-0.4, -0.2) is 11.1 Å². The largest absolute Gasteiger partial charge is 0.478 e. The second kappa shape index (κ2) is 4.24. The van der Waals surface area contributed by atoms with E-state index in [1.54, 1.807) is 30.3 Å². The van der Waals surface area contributed by atoms with Gasteiger partial charge in [0.05, 0.1) is 11.6 Å². The van der Waals surface area contributed by atoms with Crippen LogP contribution in [0.5, 0.6) is 0 Å². The SMILES string of the molecule is C/C(=C/c1ccc(C#N)cc1)C(=O)O. The van der Waals surface area contributed by atoms with Crippen LogP contribution in [0.1, 0.15) is 18.1 Å². The maximum Gasteiger partial charge on any atom is 0.331 e. The molecule has 0 aliphatic carbocycles. The molecule has 0 bridgehead atoms. The Kier molecular flexibility index (Phi) is 3.03. The summed E-state index contributed by atoms with van der Waals surface area (Å²) in [7, 11) is 0. The third kappa shape index (κ3) is 2.46. The maximum absolute atomic E-state index is 10.5. The van der Waals surface area contributed by atoms with Crippen LogP contribution in [0.2, 0.25) is 0 Å². The molecule has 3 heteroatoms. The highest BCUT2D eigenvalue weighted by Crippen LogP contribution is 2.08. The monoisotopic (exact) mass is 187 g/mol. The lowest BCUT2D eigenvalue weighted by molar-refractivity contribution is -0.132. The summed E-state index contributed by atoms with van der Waals surface area (Å²) in [6, 6.07) is 8.73. The molecule has 70 valence electrons. The van der Waals surface area contributed by atoms with E-state index in [1.165, 1.54) is 6.92 Å². The Hall–Kier alpha value is -2.08. The first-order chi connectivity index (χ1) is 6.63. The van der Waals surface area contributed by atoms with Crippen molar-refractivity contribution in [3.05, 3.63) is 41.0 Å². The molecule has 0 aromatic heterocycles. The van der Waals surface area contributed by atoms with Crippen LogP contribution in [0.25, 0.3) is 6.08 Å². The molecule has 0 heterocycles. The fourth-order valence-corrected chi connectivity index (χ4v) is 0.966. The third-order valence-corrected chi connectivity index (χ3v) is 1.76. The molecule has 0 unspecified atom stereocenters. The molecule has 1 aromatic rings. The summed E-state index contributed by atoms with van der Waals surface area (Å²) in [5.41, 5.74) is 1.62. The lowest BCUT2D eigenvalue weighted by Crippen LogP contribution is -1.95. The van der Waals surface area contributed by atoms with Crippen LogP contribution >= 0.6 is 0 Å². The Labute approximate surface area is 81.9 Å². The zero-order valence-electron chi connectivity index (χ0n) is 7.69. The Bertz CT molecular complexity index is 410. The van der Waals surface area contributed by atoms with Gasteiger partial charge in [-0.15, -0.1) is 0 Å². The lowest BCUT2D eigenvalue weighted by Gasteiger charge is -1.95. The Morgan fingerprint density at radius 2 is 2.00 bits per heavy atom. The van der Waals surface area contributed by atoms with E-state index in [0.717, 1.165) is 5.56 Å². The number of nitriles is 1. The van der Waals surface area contributed by atoms with Crippen molar-refractivity contribution in [2.24, 2.45) is 0 Å². The second-order valence-corrected chi connectivity index (χ2v) is 2.87. The van der Waals surface area contributed by atoms with Crippen molar-refractivity contribution in [2.45, 2.75) is 6.92 Å². The zero-order chi connectivity index (χ0) is 10.6. The van der Waals surface area contributed by atoms with E-state index in [1.807, 2.05) is 6.07 Å². The smallest absolute Gasteiger partial charge is 0.331 e. The minimum Gasteiger partial charge on any atom is -0.478 e. The highest BCUT2D eigenvalue weighted by Gasteiger charge is 1.99. The Morgan fingerprint density at radius 3 is 2.43 bits per heavy atom. The highest BCUT2D eigenvalue weighted by atomic mass is 16.4. The van der Waals surface area contributed by atoms with Gasteiger partial charge < -0.3 is 5.11 Å². The quantitative estimate of drug-likeness (QED) is 0.720. The average molecular weight is 187 g/mol. The highest BCUT2D eigenvalue weighted by molar-refractivity contribution is 5.91. The van der Waals surface area contributed by atoms with Gasteiger partial charge in [-0.2, -0.15) is 5.26 Å². The van der Waals surface area contributed by atoms with Crippen molar-refractivity contribution in [3.8, 4) is 6.07 Å². The molecular formula is C11H9NO2.